The van der Waals surface area contributed by atoms with Gasteiger partial charge in [0, 0.05) is 19.2 Å². The van der Waals surface area contributed by atoms with Gasteiger partial charge in [0.05, 0.1) is 29.5 Å². The second kappa shape index (κ2) is 10.1. The molecule has 6 nitrogen and oxygen atoms in total. The van der Waals surface area contributed by atoms with Crippen LogP contribution < -0.4 is 10.3 Å². The molecule has 0 fully saturated rings. The van der Waals surface area contributed by atoms with Crippen LogP contribution in [0.15, 0.2) is 76.7 Å². The van der Waals surface area contributed by atoms with E-state index < -0.39 is 0 Å². The van der Waals surface area contributed by atoms with E-state index in [4.69, 9.17) is 9.72 Å². The molecule has 0 saturated heterocycles. The second-order valence-corrected chi connectivity index (χ2v) is 9.13. The van der Waals surface area contributed by atoms with E-state index in [0.717, 1.165) is 28.1 Å². The molecule has 3 aromatic carbocycles. The lowest BCUT2D eigenvalue weighted by Gasteiger charge is -2.19. The fourth-order valence-electron chi connectivity index (χ4n) is 3.80. The van der Waals surface area contributed by atoms with Crippen molar-refractivity contribution in [1.82, 2.24) is 14.5 Å². The summed E-state index contributed by atoms with van der Waals surface area (Å²) in [6, 6.07) is 20.9. The molecule has 1 heterocycles. The van der Waals surface area contributed by atoms with Crippen LogP contribution in [0.25, 0.3) is 16.6 Å². The van der Waals surface area contributed by atoms with Crippen LogP contribution in [0.5, 0.6) is 5.75 Å². The number of methoxy groups -OCH3 is 1. The molecule has 4 rings (SSSR count). The predicted octanol–water partition coefficient (Wildman–Crippen LogP) is 4.76. The number of benzene rings is 3. The zero-order chi connectivity index (χ0) is 24.2. The molecule has 174 valence electrons. The molecule has 0 unspecified atom stereocenters. The Labute approximate surface area is 203 Å². The second-order valence-electron chi connectivity index (χ2n) is 8.19. The highest BCUT2D eigenvalue weighted by Gasteiger charge is 2.18. The number of carbonyl (C=O) groups excluding carboxylic acids is 1. The van der Waals surface area contributed by atoms with Gasteiger partial charge < -0.3 is 9.64 Å². The molecule has 0 aliphatic rings. The lowest BCUT2D eigenvalue weighted by molar-refractivity contribution is -0.127. The summed E-state index contributed by atoms with van der Waals surface area (Å²) < 4.78 is 7.03. The zero-order valence-electron chi connectivity index (χ0n) is 19.7. The van der Waals surface area contributed by atoms with Crippen molar-refractivity contribution in [3.63, 3.8) is 0 Å². The van der Waals surface area contributed by atoms with Crippen molar-refractivity contribution in [3.05, 3.63) is 93.8 Å². The molecule has 34 heavy (non-hydrogen) atoms. The van der Waals surface area contributed by atoms with Crippen LogP contribution >= 0.6 is 11.8 Å². The summed E-state index contributed by atoms with van der Waals surface area (Å²) >= 11 is 1.27. The van der Waals surface area contributed by atoms with Gasteiger partial charge in [-0.3, -0.25) is 14.2 Å². The molecule has 0 N–H and O–H groups in total. The van der Waals surface area contributed by atoms with E-state index in [1.807, 2.05) is 74.5 Å². The largest absolute Gasteiger partial charge is 0.496 e. The molecular weight excluding hydrogens is 446 g/mol. The van der Waals surface area contributed by atoms with Gasteiger partial charge in [-0.25, -0.2) is 4.98 Å². The Morgan fingerprint density at radius 1 is 1.06 bits per heavy atom. The van der Waals surface area contributed by atoms with E-state index in [1.165, 1.54) is 11.8 Å². The Morgan fingerprint density at radius 3 is 2.59 bits per heavy atom. The topological polar surface area (TPSA) is 64.4 Å². The number of fused-ring (bicyclic) bond motifs is 1. The minimum Gasteiger partial charge on any atom is -0.496 e. The average molecular weight is 474 g/mol. The van der Waals surface area contributed by atoms with Crippen molar-refractivity contribution in [3.8, 4) is 11.4 Å². The Morgan fingerprint density at radius 2 is 1.79 bits per heavy atom. The standard InChI is InChI=1S/C27H27N3O3S/c1-18-13-14-19(2)23(15-18)30-26(32)21-10-6-7-11-22(21)28-27(30)34-17-25(31)29(3)16-20-9-5-8-12-24(20)33-4/h5-15H,16-17H2,1-4H3. The zero-order valence-corrected chi connectivity index (χ0v) is 20.6. The maximum Gasteiger partial charge on any atom is 0.266 e. The number of hydrogen-bond acceptors (Lipinski definition) is 5. The van der Waals surface area contributed by atoms with Crippen molar-refractivity contribution in [2.75, 3.05) is 19.9 Å². The molecule has 7 heteroatoms. The predicted molar refractivity (Wildman–Crippen MR) is 137 cm³/mol. The van der Waals surface area contributed by atoms with Gasteiger partial charge in [-0.05, 0) is 49.2 Å². The van der Waals surface area contributed by atoms with Crippen LogP contribution in [0.4, 0.5) is 0 Å². The first-order chi connectivity index (χ1) is 16.4. The van der Waals surface area contributed by atoms with Crippen molar-refractivity contribution < 1.29 is 9.53 Å². The van der Waals surface area contributed by atoms with E-state index in [0.29, 0.717) is 22.6 Å². The molecule has 0 saturated carbocycles. The number of para-hydroxylation sites is 2. The number of thioether (sulfide) groups is 1. The average Bonchev–Trinajstić information content (AvgIpc) is 2.84. The molecule has 4 aromatic rings. The van der Waals surface area contributed by atoms with E-state index in [-0.39, 0.29) is 17.2 Å². The van der Waals surface area contributed by atoms with E-state index >= 15 is 0 Å². The molecule has 1 aromatic heterocycles. The monoisotopic (exact) mass is 473 g/mol. The minimum atomic E-state index is -0.142. The molecule has 0 aliphatic carbocycles. The van der Waals surface area contributed by atoms with Gasteiger partial charge in [-0.15, -0.1) is 0 Å². The molecular formula is C27H27N3O3S. The van der Waals surface area contributed by atoms with Crippen LogP contribution in [0.1, 0.15) is 16.7 Å². The number of nitrogens with zero attached hydrogens (tertiary/aromatic N) is 3. The summed E-state index contributed by atoms with van der Waals surface area (Å²) in [5, 5.41) is 1.05. The molecule has 0 spiro atoms. The van der Waals surface area contributed by atoms with Gasteiger partial charge in [-0.2, -0.15) is 0 Å². The third-order valence-electron chi connectivity index (χ3n) is 5.70. The van der Waals surface area contributed by atoms with Gasteiger partial charge in [0.25, 0.3) is 5.56 Å². The van der Waals surface area contributed by atoms with Gasteiger partial charge in [0.1, 0.15) is 5.75 Å². The van der Waals surface area contributed by atoms with Crippen molar-refractivity contribution in [2.24, 2.45) is 0 Å². The molecule has 0 atom stereocenters. The maximum absolute atomic E-state index is 13.5. The molecule has 0 aliphatic heterocycles. The Kier molecular flexibility index (Phi) is 7.03. The Hall–Kier alpha value is -3.58. The summed E-state index contributed by atoms with van der Waals surface area (Å²) in [6.07, 6.45) is 0. The van der Waals surface area contributed by atoms with Crippen LogP contribution in [-0.2, 0) is 11.3 Å². The first kappa shape index (κ1) is 23.6. The highest BCUT2D eigenvalue weighted by atomic mass is 32.2. The number of amides is 1. The molecule has 0 bridgehead atoms. The van der Waals surface area contributed by atoms with Gasteiger partial charge >= 0.3 is 0 Å². The first-order valence-corrected chi connectivity index (χ1v) is 12.0. The smallest absolute Gasteiger partial charge is 0.266 e. The van der Waals surface area contributed by atoms with E-state index in [1.54, 1.807) is 29.7 Å². The van der Waals surface area contributed by atoms with Crippen molar-refractivity contribution >= 4 is 28.6 Å². The van der Waals surface area contributed by atoms with Crippen LogP contribution in [-0.4, -0.2) is 40.3 Å². The summed E-state index contributed by atoms with van der Waals surface area (Å²) in [6.45, 7) is 4.39. The van der Waals surface area contributed by atoms with E-state index in [9.17, 15) is 9.59 Å². The normalized spacial score (nSPS) is 10.9. The highest BCUT2D eigenvalue weighted by Crippen LogP contribution is 2.25. The third kappa shape index (κ3) is 4.84. The van der Waals surface area contributed by atoms with Gasteiger partial charge in [0.15, 0.2) is 5.16 Å². The Bertz CT molecular complexity index is 1410. The minimum absolute atomic E-state index is 0.0640. The number of carbonyl (C=O) groups is 1. The van der Waals surface area contributed by atoms with Gasteiger partial charge in [0.2, 0.25) is 5.91 Å². The fourth-order valence-corrected chi connectivity index (χ4v) is 4.74. The van der Waals surface area contributed by atoms with Crippen LogP contribution in [0.3, 0.4) is 0 Å². The lowest BCUT2D eigenvalue weighted by Crippen LogP contribution is -2.29. The summed E-state index contributed by atoms with van der Waals surface area (Å²) in [7, 11) is 3.38. The number of ether oxygens (including phenoxy) is 1. The Balaban J connectivity index is 1.65. The fraction of sp³-hybridized carbons (Fsp3) is 0.222. The number of aryl methyl sites for hydroxylation is 2. The lowest BCUT2D eigenvalue weighted by atomic mass is 10.1. The summed E-state index contributed by atoms with van der Waals surface area (Å²) in [5.74, 6) is 0.835. The number of aromatic nitrogens is 2. The summed E-state index contributed by atoms with van der Waals surface area (Å²) in [4.78, 5) is 32.9. The van der Waals surface area contributed by atoms with Crippen molar-refractivity contribution in [1.29, 1.82) is 0 Å². The van der Waals surface area contributed by atoms with Crippen LogP contribution in [0.2, 0.25) is 0 Å². The number of rotatable bonds is 7. The third-order valence-corrected chi connectivity index (χ3v) is 6.62. The van der Waals surface area contributed by atoms with Crippen LogP contribution in [0, 0.1) is 13.8 Å². The number of hydrogen-bond donors (Lipinski definition) is 0. The van der Waals surface area contributed by atoms with E-state index in [2.05, 4.69) is 0 Å². The SMILES string of the molecule is COc1ccccc1CN(C)C(=O)CSc1nc2ccccc2c(=O)n1-c1cc(C)ccc1C. The molecule has 1 amide bonds. The first-order valence-electron chi connectivity index (χ1n) is 11.0. The highest BCUT2D eigenvalue weighted by molar-refractivity contribution is 7.99. The van der Waals surface area contributed by atoms with Crippen molar-refractivity contribution in [2.45, 2.75) is 25.5 Å². The maximum atomic E-state index is 13.5. The quantitative estimate of drug-likeness (QED) is 0.286. The summed E-state index contributed by atoms with van der Waals surface area (Å²) in [5.41, 5.74) is 4.20. The van der Waals surface area contributed by atoms with Gasteiger partial charge in [-0.1, -0.05) is 54.2 Å². The molecule has 0 radical (unpaired) electrons.